The van der Waals surface area contributed by atoms with Gasteiger partial charge in [-0.1, -0.05) is 25.8 Å². The molecule has 13 heavy (non-hydrogen) atoms. The quantitative estimate of drug-likeness (QED) is 0.449. The van der Waals surface area contributed by atoms with Crippen molar-refractivity contribution in [2.45, 2.75) is 46.5 Å². The van der Waals surface area contributed by atoms with Gasteiger partial charge in [0, 0.05) is 0 Å². The van der Waals surface area contributed by atoms with Crippen LogP contribution in [-0.4, -0.2) is 13.1 Å². The van der Waals surface area contributed by atoms with E-state index in [4.69, 9.17) is 0 Å². The summed E-state index contributed by atoms with van der Waals surface area (Å²) in [4.78, 5) is 0. The average molecular weight is 183 g/mol. The van der Waals surface area contributed by atoms with Crippen LogP contribution in [0.2, 0.25) is 0 Å². The Labute approximate surface area is 83.6 Å². The van der Waals surface area contributed by atoms with E-state index in [1.54, 1.807) is 0 Å². The van der Waals surface area contributed by atoms with Crippen LogP contribution in [0.1, 0.15) is 46.5 Å². The van der Waals surface area contributed by atoms with Gasteiger partial charge < -0.3 is 5.32 Å². The van der Waals surface area contributed by atoms with E-state index in [0.29, 0.717) is 0 Å². The number of nitrogens with one attached hydrogen (secondary N) is 1. The van der Waals surface area contributed by atoms with E-state index in [0.717, 1.165) is 12.5 Å². The average Bonchev–Trinajstić information content (AvgIpc) is 2.01. The molecule has 0 saturated heterocycles. The van der Waals surface area contributed by atoms with Crippen LogP contribution in [0.4, 0.5) is 0 Å². The summed E-state index contributed by atoms with van der Waals surface area (Å²) < 4.78 is 0. The lowest BCUT2D eigenvalue weighted by molar-refractivity contribution is 0.530. The van der Waals surface area contributed by atoms with Crippen LogP contribution in [0.5, 0.6) is 0 Å². The molecule has 0 aromatic rings. The summed E-state index contributed by atoms with van der Waals surface area (Å²) in [7, 11) is 0. The van der Waals surface area contributed by atoms with Gasteiger partial charge in [0.25, 0.3) is 0 Å². The van der Waals surface area contributed by atoms with Gasteiger partial charge in [0.15, 0.2) is 0 Å². The monoisotopic (exact) mass is 183 g/mol. The maximum Gasteiger partial charge on any atom is -0.00258 e. The molecule has 0 atom stereocenters. The van der Waals surface area contributed by atoms with Crippen LogP contribution >= 0.6 is 0 Å². The number of rotatable bonds is 8. The van der Waals surface area contributed by atoms with E-state index in [1.807, 2.05) is 0 Å². The van der Waals surface area contributed by atoms with Crippen LogP contribution in [0.15, 0.2) is 12.2 Å². The highest BCUT2D eigenvalue weighted by atomic mass is 14.8. The van der Waals surface area contributed by atoms with E-state index < -0.39 is 0 Å². The lowest BCUT2D eigenvalue weighted by atomic mass is 10.1. The van der Waals surface area contributed by atoms with Gasteiger partial charge in [-0.05, 0) is 45.2 Å². The molecule has 0 amide bonds. The first kappa shape index (κ1) is 12.7. The molecule has 0 saturated carbocycles. The van der Waals surface area contributed by atoms with Crippen molar-refractivity contribution in [3.63, 3.8) is 0 Å². The first-order valence-corrected chi connectivity index (χ1v) is 5.48. The van der Waals surface area contributed by atoms with E-state index in [2.05, 4.69) is 32.7 Å². The Hall–Kier alpha value is -0.300. The summed E-state index contributed by atoms with van der Waals surface area (Å²) >= 11 is 0. The zero-order valence-corrected chi connectivity index (χ0v) is 9.53. The number of unbranched alkanes of at least 4 members (excludes halogenated alkanes) is 2. The Balaban J connectivity index is 2.96. The summed E-state index contributed by atoms with van der Waals surface area (Å²) in [6, 6.07) is 0. The number of allylic oxidation sites excluding steroid dienone is 1. The Bertz CT molecular complexity index is 127. The molecule has 0 fully saturated rings. The molecule has 0 heterocycles. The third-order valence-electron chi connectivity index (χ3n) is 2.01. The van der Waals surface area contributed by atoms with Crippen molar-refractivity contribution in [2.24, 2.45) is 5.92 Å². The minimum absolute atomic E-state index is 0.774. The van der Waals surface area contributed by atoms with Crippen molar-refractivity contribution < 1.29 is 0 Å². The van der Waals surface area contributed by atoms with Gasteiger partial charge in [0.05, 0.1) is 0 Å². The SMILES string of the molecule is C=C(C)CCCCCNCC(C)C. The minimum Gasteiger partial charge on any atom is -0.316 e. The fourth-order valence-corrected chi connectivity index (χ4v) is 1.24. The first-order valence-electron chi connectivity index (χ1n) is 5.48. The Morgan fingerprint density at radius 3 is 2.46 bits per heavy atom. The zero-order valence-electron chi connectivity index (χ0n) is 9.53. The third-order valence-corrected chi connectivity index (χ3v) is 2.01. The molecule has 0 aromatic carbocycles. The van der Waals surface area contributed by atoms with Gasteiger partial charge >= 0.3 is 0 Å². The molecule has 0 aromatic heterocycles. The van der Waals surface area contributed by atoms with Crippen LogP contribution in [-0.2, 0) is 0 Å². The summed E-state index contributed by atoms with van der Waals surface area (Å²) in [5, 5.41) is 3.45. The fraction of sp³-hybridized carbons (Fsp3) is 0.833. The topological polar surface area (TPSA) is 12.0 Å². The molecule has 0 spiro atoms. The smallest absolute Gasteiger partial charge is 0.00258 e. The molecule has 0 radical (unpaired) electrons. The normalized spacial score (nSPS) is 10.8. The number of hydrogen-bond donors (Lipinski definition) is 1. The molecule has 78 valence electrons. The van der Waals surface area contributed by atoms with Crippen molar-refractivity contribution in [1.82, 2.24) is 5.32 Å². The Morgan fingerprint density at radius 1 is 1.23 bits per heavy atom. The molecule has 0 unspecified atom stereocenters. The Morgan fingerprint density at radius 2 is 1.92 bits per heavy atom. The van der Waals surface area contributed by atoms with Crippen LogP contribution in [0.25, 0.3) is 0 Å². The minimum atomic E-state index is 0.774. The summed E-state index contributed by atoms with van der Waals surface area (Å²) in [5.74, 6) is 0.774. The molecule has 1 nitrogen and oxygen atoms in total. The second-order valence-corrected chi connectivity index (χ2v) is 4.37. The van der Waals surface area contributed by atoms with Gasteiger partial charge in [-0.2, -0.15) is 0 Å². The van der Waals surface area contributed by atoms with Crippen molar-refractivity contribution in [3.8, 4) is 0 Å². The molecule has 0 aliphatic heterocycles. The molecule has 1 N–H and O–H groups in total. The van der Waals surface area contributed by atoms with E-state index in [-0.39, 0.29) is 0 Å². The lowest BCUT2D eigenvalue weighted by Crippen LogP contribution is -2.20. The molecule has 0 aliphatic carbocycles. The predicted octanol–water partition coefficient (Wildman–Crippen LogP) is 3.37. The maximum absolute atomic E-state index is 3.90. The lowest BCUT2D eigenvalue weighted by Gasteiger charge is -2.06. The number of hydrogen-bond acceptors (Lipinski definition) is 1. The van der Waals surface area contributed by atoms with Crippen molar-refractivity contribution in [2.75, 3.05) is 13.1 Å². The molecular formula is C12H25N. The maximum atomic E-state index is 3.90. The van der Waals surface area contributed by atoms with Crippen LogP contribution in [0.3, 0.4) is 0 Å². The van der Waals surface area contributed by atoms with Gasteiger partial charge in [-0.25, -0.2) is 0 Å². The molecule has 1 heteroatoms. The molecular weight excluding hydrogens is 158 g/mol. The van der Waals surface area contributed by atoms with Gasteiger partial charge in [0.1, 0.15) is 0 Å². The van der Waals surface area contributed by atoms with Crippen molar-refractivity contribution >= 4 is 0 Å². The van der Waals surface area contributed by atoms with E-state index in [9.17, 15) is 0 Å². The highest BCUT2D eigenvalue weighted by Crippen LogP contribution is 2.05. The summed E-state index contributed by atoms with van der Waals surface area (Å²) in [6.07, 6.45) is 5.14. The second kappa shape index (κ2) is 8.31. The van der Waals surface area contributed by atoms with Gasteiger partial charge in [-0.3, -0.25) is 0 Å². The van der Waals surface area contributed by atoms with Crippen LogP contribution in [0, 0.1) is 5.92 Å². The van der Waals surface area contributed by atoms with Gasteiger partial charge in [-0.15, -0.1) is 6.58 Å². The van der Waals surface area contributed by atoms with Crippen LogP contribution < -0.4 is 5.32 Å². The van der Waals surface area contributed by atoms with E-state index in [1.165, 1.54) is 37.8 Å². The highest BCUT2D eigenvalue weighted by Gasteiger charge is 1.93. The fourth-order valence-electron chi connectivity index (χ4n) is 1.24. The van der Waals surface area contributed by atoms with Crippen molar-refractivity contribution in [3.05, 3.63) is 12.2 Å². The van der Waals surface area contributed by atoms with Gasteiger partial charge in [0.2, 0.25) is 0 Å². The van der Waals surface area contributed by atoms with Crippen molar-refractivity contribution in [1.29, 1.82) is 0 Å². The zero-order chi connectivity index (χ0) is 10.1. The largest absolute Gasteiger partial charge is 0.316 e. The molecule has 0 rings (SSSR count). The molecule has 0 bridgehead atoms. The summed E-state index contributed by atoms with van der Waals surface area (Å²) in [6.45, 7) is 12.8. The first-order chi connectivity index (χ1) is 6.13. The Kier molecular flexibility index (Phi) is 8.11. The predicted molar refractivity (Wildman–Crippen MR) is 61.0 cm³/mol. The highest BCUT2D eigenvalue weighted by molar-refractivity contribution is 4.86. The standard InChI is InChI=1S/C12H25N/c1-11(2)8-6-5-7-9-13-10-12(3)4/h12-13H,1,5-10H2,2-4H3. The third kappa shape index (κ3) is 11.7. The molecule has 0 aliphatic rings. The summed E-state index contributed by atoms with van der Waals surface area (Å²) in [5.41, 5.74) is 1.31. The van der Waals surface area contributed by atoms with E-state index >= 15 is 0 Å². The second-order valence-electron chi connectivity index (χ2n) is 4.37.